The molecule has 0 amide bonds. The first-order valence-electron chi connectivity index (χ1n) is 5.84. The largest absolute Gasteiger partial charge is 0.497 e. The van der Waals surface area contributed by atoms with Crippen LogP contribution >= 0.6 is 0 Å². The number of methoxy groups -OCH3 is 1. The van der Waals surface area contributed by atoms with Crippen molar-refractivity contribution >= 4 is 15.7 Å². The molecule has 18 heavy (non-hydrogen) atoms. The summed E-state index contributed by atoms with van der Waals surface area (Å²) in [6, 6.07) is 5.23. The number of aryl methyl sites for hydroxylation is 1. The average Bonchev–Trinajstić information content (AvgIpc) is 2.31. The van der Waals surface area contributed by atoms with E-state index in [2.05, 4.69) is 10.0 Å². The SMILES string of the molecule is CCNCCS(=O)(=O)Nc1ccc(OC)cc1C. The standard InChI is InChI=1S/C12H20N2O3S/c1-4-13-7-8-18(15,16)14-12-6-5-11(17-3)9-10(12)2/h5-6,9,13-14H,4,7-8H2,1-3H3. The van der Waals surface area contributed by atoms with Crippen LogP contribution in [0.15, 0.2) is 18.2 Å². The third-order valence-corrected chi connectivity index (χ3v) is 3.77. The fraction of sp³-hybridized carbons (Fsp3) is 0.500. The second kappa shape index (κ2) is 6.61. The normalized spacial score (nSPS) is 11.3. The Labute approximate surface area is 109 Å². The van der Waals surface area contributed by atoms with E-state index in [4.69, 9.17) is 4.74 Å². The van der Waals surface area contributed by atoms with Crippen molar-refractivity contribution in [1.82, 2.24) is 5.32 Å². The summed E-state index contributed by atoms with van der Waals surface area (Å²) < 4.78 is 31.2. The maximum Gasteiger partial charge on any atom is 0.233 e. The lowest BCUT2D eigenvalue weighted by Gasteiger charge is -2.11. The quantitative estimate of drug-likeness (QED) is 0.735. The van der Waals surface area contributed by atoms with Gasteiger partial charge in [0.1, 0.15) is 5.75 Å². The molecule has 6 heteroatoms. The third kappa shape index (κ3) is 4.54. The van der Waals surface area contributed by atoms with Crippen LogP contribution in [-0.2, 0) is 10.0 Å². The second-order valence-electron chi connectivity index (χ2n) is 3.96. The fourth-order valence-corrected chi connectivity index (χ4v) is 2.56. The second-order valence-corrected chi connectivity index (χ2v) is 5.80. The van der Waals surface area contributed by atoms with Gasteiger partial charge in [-0.3, -0.25) is 4.72 Å². The molecule has 0 unspecified atom stereocenters. The summed E-state index contributed by atoms with van der Waals surface area (Å²) >= 11 is 0. The molecule has 0 fully saturated rings. The van der Waals surface area contributed by atoms with Gasteiger partial charge in [0.15, 0.2) is 0 Å². The number of ether oxygens (including phenoxy) is 1. The van der Waals surface area contributed by atoms with Gasteiger partial charge < -0.3 is 10.1 Å². The monoisotopic (exact) mass is 272 g/mol. The lowest BCUT2D eigenvalue weighted by Crippen LogP contribution is -2.26. The van der Waals surface area contributed by atoms with Crippen molar-refractivity contribution in [2.24, 2.45) is 0 Å². The van der Waals surface area contributed by atoms with Crippen molar-refractivity contribution in [3.05, 3.63) is 23.8 Å². The van der Waals surface area contributed by atoms with Gasteiger partial charge >= 0.3 is 0 Å². The molecule has 0 atom stereocenters. The van der Waals surface area contributed by atoms with Gasteiger partial charge in [0, 0.05) is 6.54 Å². The molecule has 1 aromatic carbocycles. The van der Waals surface area contributed by atoms with Crippen LogP contribution in [0.25, 0.3) is 0 Å². The van der Waals surface area contributed by atoms with Crippen molar-refractivity contribution in [2.75, 3.05) is 30.7 Å². The zero-order valence-electron chi connectivity index (χ0n) is 11.0. The Kier molecular flexibility index (Phi) is 5.43. The molecule has 0 bridgehead atoms. The average molecular weight is 272 g/mol. The number of sulfonamides is 1. The van der Waals surface area contributed by atoms with Gasteiger partial charge in [-0.25, -0.2) is 8.42 Å². The van der Waals surface area contributed by atoms with Crippen molar-refractivity contribution < 1.29 is 13.2 Å². The molecule has 0 saturated carbocycles. The summed E-state index contributed by atoms with van der Waals surface area (Å²) in [5.41, 5.74) is 1.42. The maximum absolute atomic E-state index is 11.8. The Balaban J connectivity index is 2.72. The smallest absolute Gasteiger partial charge is 0.233 e. The van der Waals surface area contributed by atoms with Crippen molar-refractivity contribution in [1.29, 1.82) is 0 Å². The number of hydrogen-bond donors (Lipinski definition) is 2. The molecule has 102 valence electrons. The highest BCUT2D eigenvalue weighted by molar-refractivity contribution is 7.92. The molecule has 0 aliphatic rings. The lowest BCUT2D eigenvalue weighted by molar-refractivity contribution is 0.414. The van der Waals surface area contributed by atoms with Crippen LogP contribution in [0.3, 0.4) is 0 Å². The zero-order valence-corrected chi connectivity index (χ0v) is 11.8. The fourth-order valence-electron chi connectivity index (χ4n) is 1.48. The van der Waals surface area contributed by atoms with Crippen molar-refractivity contribution in [2.45, 2.75) is 13.8 Å². The van der Waals surface area contributed by atoms with E-state index in [0.717, 1.165) is 12.1 Å². The molecule has 0 saturated heterocycles. The highest BCUT2D eigenvalue weighted by atomic mass is 32.2. The van der Waals surface area contributed by atoms with Gasteiger partial charge in [-0.2, -0.15) is 0 Å². The number of rotatable bonds is 7. The van der Waals surface area contributed by atoms with Gasteiger partial charge in [-0.15, -0.1) is 0 Å². The molecular weight excluding hydrogens is 252 g/mol. The summed E-state index contributed by atoms with van der Waals surface area (Å²) in [6.45, 7) is 4.98. The van der Waals surface area contributed by atoms with Crippen LogP contribution in [0.2, 0.25) is 0 Å². The van der Waals surface area contributed by atoms with Crippen LogP contribution in [0.1, 0.15) is 12.5 Å². The Morgan fingerprint density at radius 3 is 2.61 bits per heavy atom. The van der Waals surface area contributed by atoms with E-state index in [9.17, 15) is 8.42 Å². The molecule has 2 N–H and O–H groups in total. The molecular formula is C12H20N2O3S. The van der Waals surface area contributed by atoms with E-state index in [1.54, 1.807) is 25.3 Å². The van der Waals surface area contributed by atoms with Crippen LogP contribution in [0, 0.1) is 6.92 Å². The van der Waals surface area contributed by atoms with E-state index >= 15 is 0 Å². The summed E-state index contributed by atoms with van der Waals surface area (Å²) in [5.74, 6) is 0.773. The zero-order chi connectivity index (χ0) is 13.6. The minimum atomic E-state index is -3.30. The predicted octanol–water partition coefficient (Wildman–Crippen LogP) is 1.35. The first kappa shape index (κ1) is 14.8. The highest BCUT2D eigenvalue weighted by Gasteiger charge is 2.11. The van der Waals surface area contributed by atoms with Crippen LogP contribution in [0.5, 0.6) is 5.75 Å². The first-order chi connectivity index (χ1) is 8.48. The van der Waals surface area contributed by atoms with Crippen LogP contribution < -0.4 is 14.8 Å². The van der Waals surface area contributed by atoms with E-state index in [0.29, 0.717) is 18.0 Å². The van der Waals surface area contributed by atoms with Crippen molar-refractivity contribution in [3.8, 4) is 5.75 Å². The van der Waals surface area contributed by atoms with Gasteiger partial charge in [0.2, 0.25) is 10.0 Å². The third-order valence-electron chi connectivity index (χ3n) is 2.50. The van der Waals surface area contributed by atoms with E-state index in [1.165, 1.54) is 0 Å². The summed E-state index contributed by atoms with van der Waals surface area (Å²) in [5, 5.41) is 2.98. The van der Waals surface area contributed by atoms with E-state index < -0.39 is 10.0 Å². The minimum Gasteiger partial charge on any atom is -0.497 e. The number of nitrogens with one attached hydrogen (secondary N) is 2. The Bertz CT molecular complexity index is 486. The maximum atomic E-state index is 11.8. The number of anilines is 1. The molecule has 0 radical (unpaired) electrons. The summed E-state index contributed by atoms with van der Waals surface area (Å²) in [6.07, 6.45) is 0. The Morgan fingerprint density at radius 2 is 2.06 bits per heavy atom. The lowest BCUT2D eigenvalue weighted by atomic mass is 10.2. The highest BCUT2D eigenvalue weighted by Crippen LogP contribution is 2.21. The topological polar surface area (TPSA) is 67.4 Å². The van der Waals surface area contributed by atoms with Gasteiger partial charge in [-0.05, 0) is 37.2 Å². The molecule has 5 nitrogen and oxygen atoms in total. The van der Waals surface area contributed by atoms with E-state index in [1.807, 2.05) is 13.8 Å². The Morgan fingerprint density at radius 1 is 1.33 bits per heavy atom. The molecule has 1 aromatic rings. The summed E-state index contributed by atoms with van der Waals surface area (Å²) in [7, 11) is -1.72. The predicted molar refractivity (Wildman–Crippen MR) is 73.7 cm³/mol. The van der Waals surface area contributed by atoms with Gasteiger partial charge in [0.05, 0.1) is 18.6 Å². The molecule has 0 aromatic heterocycles. The van der Waals surface area contributed by atoms with Crippen LogP contribution in [-0.4, -0.2) is 34.4 Å². The minimum absolute atomic E-state index is 0.0618. The van der Waals surface area contributed by atoms with E-state index in [-0.39, 0.29) is 5.75 Å². The summed E-state index contributed by atoms with van der Waals surface area (Å²) in [4.78, 5) is 0. The van der Waals surface area contributed by atoms with Crippen molar-refractivity contribution in [3.63, 3.8) is 0 Å². The molecule has 1 rings (SSSR count). The molecule has 0 spiro atoms. The Hall–Kier alpha value is -1.27. The number of benzene rings is 1. The molecule has 0 aliphatic heterocycles. The molecule has 0 heterocycles. The van der Waals surface area contributed by atoms with Gasteiger partial charge in [-0.1, -0.05) is 6.92 Å². The first-order valence-corrected chi connectivity index (χ1v) is 7.49. The molecule has 0 aliphatic carbocycles. The van der Waals surface area contributed by atoms with Crippen LogP contribution in [0.4, 0.5) is 5.69 Å². The van der Waals surface area contributed by atoms with Gasteiger partial charge in [0.25, 0.3) is 0 Å². The number of hydrogen-bond acceptors (Lipinski definition) is 4.